The number of nitrogens with one attached hydrogen (secondary N) is 1. The average molecular weight is 312 g/mol. The Bertz CT molecular complexity index is 397. The summed E-state index contributed by atoms with van der Waals surface area (Å²) in [5.41, 5.74) is 1.43. The van der Waals surface area contributed by atoms with E-state index in [0.717, 1.165) is 39.0 Å². The lowest BCUT2D eigenvalue weighted by atomic mass is 9.90. The Labute approximate surface area is 133 Å². The van der Waals surface area contributed by atoms with Gasteiger partial charge in [0.1, 0.15) is 0 Å². The molecule has 1 aromatic rings. The second kappa shape index (κ2) is 8.14. The van der Waals surface area contributed by atoms with Crippen molar-refractivity contribution in [2.75, 3.05) is 19.8 Å². The van der Waals surface area contributed by atoms with E-state index in [9.17, 15) is 0 Å². The van der Waals surface area contributed by atoms with Gasteiger partial charge in [-0.2, -0.15) is 0 Å². The summed E-state index contributed by atoms with van der Waals surface area (Å²) in [6, 6.07) is 11.4. The molecule has 0 amide bonds. The van der Waals surface area contributed by atoms with Gasteiger partial charge in [-0.3, -0.25) is 0 Å². The largest absolute Gasteiger partial charge is 0.348 e. The number of hydrogen-bond donors (Lipinski definition) is 1. The van der Waals surface area contributed by atoms with Gasteiger partial charge >= 0.3 is 0 Å². The van der Waals surface area contributed by atoms with E-state index in [4.69, 9.17) is 9.47 Å². The van der Waals surface area contributed by atoms with Crippen LogP contribution in [0.4, 0.5) is 0 Å². The molecule has 1 aliphatic heterocycles. The predicted octanol–water partition coefficient (Wildman–Crippen LogP) is 3.32. The summed E-state index contributed by atoms with van der Waals surface area (Å²) >= 11 is 0. The Morgan fingerprint density at radius 3 is 2.38 bits per heavy atom. The minimum Gasteiger partial charge on any atom is -0.348 e. The monoisotopic (exact) mass is 311 g/mol. The van der Waals surface area contributed by atoms with Crippen LogP contribution in [0.5, 0.6) is 0 Å². The van der Waals surface area contributed by atoms with Crippen LogP contribution in [0.25, 0.3) is 0 Å². The maximum absolute atomic E-state index is 5.76. The van der Waals surface area contributed by atoms with E-state index in [2.05, 4.69) is 35.6 Å². The first-order valence-corrected chi connectivity index (χ1v) is 7.92. The molecule has 1 N–H and O–H groups in total. The van der Waals surface area contributed by atoms with Gasteiger partial charge in [0.05, 0.1) is 13.2 Å². The fourth-order valence-electron chi connectivity index (χ4n) is 3.29. The highest BCUT2D eigenvalue weighted by atomic mass is 35.5. The molecule has 0 bridgehead atoms. The average Bonchev–Trinajstić information content (AvgIpc) is 2.95. The summed E-state index contributed by atoms with van der Waals surface area (Å²) in [6.45, 7) is 2.65. The molecule has 0 radical (unpaired) electrons. The van der Waals surface area contributed by atoms with E-state index >= 15 is 0 Å². The summed E-state index contributed by atoms with van der Waals surface area (Å²) in [7, 11) is 0. The first-order valence-electron chi connectivity index (χ1n) is 7.92. The molecule has 1 aliphatic carbocycles. The fourth-order valence-corrected chi connectivity index (χ4v) is 3.29. The molecule has 1 saturated heterocycles. The van der Waals surface area contributed by atoms with Crippen molar-refractivity contribution in [2.45, 2.75) is 50.4 Å². The molecule has 1 heterocycles. The minimum absolute atomic E-state index is 0. The van der Waals surface area contributed by atoms with Gasteiger partial charge in [-0.25, -0.2) is 0 Å². The number of ether oxygens (including phenoxy) is 2. The molecule has 4 heteroatoms. The smallest absolute Gasteiger partial charge is 0.168 e. The highest BCUT2D eigenvalue weighted by Crippen LogP contribution is 2.35. The molecule has 3 nitrogen and oxygen atoms in total. The zero-order valence-corrected chi connectivity index (χ0v) is 13.4. The molecule has 2 aliphatic rings. The van der Waals surface area contributed by atoms with Gasteiger partial charge in [0, 0.05) is 18.9 Å². The number of benzene rings is 1. The van der Waals surface area contributed by atoms with E-state index < -0.39 is 0 Å². The normalized spacial score (nSPS) is 21.3. The molecule has 0 aromatic heterocycles. The standard InChI is InChI=1S/C17H25NO2.ClH/c1-2-5-15(6-3-1)7-4-12-18-16-8-10-17(11-9-16)19-13-14-20-17;/h1-3,5-6,16,18H,4,7-14H2;1H. The Morgan fingerprint density at radius 1 is 1.05 bits per heavy atom. The molecule has 118 valence electrons. The van der Waals surface area contributed by atoms with Crippen molar-refractivity contribution >= 4 is 12.4 Å². The molecule has 1 aromatic carbocycles. The Balaban J connectivity index is 0.00000161. The van der Waals surface area contributed by atoms with E-state index in [1.807, 2.05) is 0 Å². The second-order valence-electron chi connectivity index (χ2n) is 5.93. The van der Waals surface area contributed by atoms with E-state index in [-0.39, 0.29) is 18.2 Å². The molecule has 1 saturated carbocycles. The minimum atomic E-state index is -0.220. The van der Waals surface area contributed by atoms with Gasteiger partial charge in [0.15, 0.2) is 5.79 Å². The van der Waals surface area contributed by atoms with Crippen LogP contribution in [0.3, 0.4) is 0 Å². The van der Waals surface area contributed by atoms with Crippen LogP contribution in [-0.4, -0.2) is 31.6 Å². The number of aryl methyl sites for hydroxylation is 1. The fraction of sp³-hybridized carbons (Fsp3) is 0.647. The molecule has 0 atom stereocenters. The second-order valence-corrected chi connectivity index (χ2v) is 5.93. The summed E-state index contributed by atoms with van der Waals surface area (Å²) in [5.74, 6) is -0.220. The summed E-state index contributed by atoms with van der Waals surface area (Å²) in [4.78, 5) is 0. The SMILES string of the molecule is Cl.c1ccc(CCCNC2CCC3(CC2)OCCO3)cc1. The van der Waals surface area contributed by atoms with E-state index in [1.165, 1.54) is 24.8 Å². The molecule has 3 rings (SSSR count). The highest BCUT2D eigenvalue weighted by molar-refractivity contribution is 5.85. The van der Waals surface area contributed by atoms with E-state index in [0.29, 0.717) is 6.04 Å². The summed E-state index contributed by atoms with van der Waals surface area (Å²) < 4.78 is 11.5. The quantitative estimate of drug-likeness (QED) is 0.846. The van der Waals surface area contributed by atoms with Crippen molar-refractivity contribution in [1.82, 2.24) is 5.32 Å². The molecule has 21 heavy (non-hydrogen) atoms. The van der Waals surface area contributed by atoms with Crippen LogP contribution in [0.15, 0.2) is 30.3 Å². The van der Waals surface area contributed by atoms with Crippen molar-refractivity contribution in [2.24, 2.45) is 0 Å². The first-order chi connectivity index (χ1) is 9.86. The zero-order valence-electron chi connectivity index (χ0n) is 12.6. The van der Waals surface area contributed by atoms with Crippen LogP contribution in [0.1, 0.15) is 37.7 Å². The van der Waals surface area contributed by atoms with Crippen molar-refractivity contribution in [3.05, 3.63) is 35.9 Å². The first kappa shape index (κ1) is 16.8. The number of halogens is 1. The summed E-state index contributed by atoms with van der Waals surface area (Å²) in [6.07, 6.45) is 6.80. The van der Waals surface area contributed by atoms with Gasteiger partial charge in [-0.05, 0) is 37.8 Å². The van der Waals surface area contributed by atoms with Gasteiger partial charge < -0.3 is 14.8 Å². The third-order valence-electron chi connectivity index (χ3n) is 4.48. The summed E-state index contributed by atoms with van der Waals surface area (Å²) in [5, 5.41) is 3.69. The van der Waals surface area contributed by atoms with E-state index in [1.54, 1.807) is 0 Å². The predicted molar refractivity (Wildman–Crippen MR) is 86.9 cm³/mol. The Kier molecular flexibility index (Phi) is 6.49. The molecule has 0 unspecified atom stereocenters. The van der Waals surface area contributed by atoms with Crippen LogP contribution >= 0.6 is 12.4 Å². The van der Waals surface area contributed by atoms with Crippen molar-refractivity contribution < 1.29 is 9.47 Å². The number of rotatable bonds is 5. The van der Waals surface area contributed by atoms with Crippen LogP contribution < -0.4 is 5.32 Å². The molecular weight excluding hydrogens is 286 g/mol. The van der Waals surface area contributed by atoms with Gasteiger partial charge in [-0.15, -0.1) is 12.4 Å². The molecule has 2 fully saturated rings. The van der Waals surface area contributed by atoms with Gasteiger partial charge in [-0.1, -0.05) is 30.3 Å². The molecular formula is C17H26ClNO2. The van der Waals surface area contributed by atoms with Crippen molar-refractivity contribution in [3.63, 3.8) is 0 Å². The van der Waals surface area contributed by atoms with Crippen molar-refractivity contribution in [1.29, 1.82) is 0 Å². The number of hydrogen-bond acceptors (Lipinski definition) is 3. The Hall–Kier alpha value is -0.610. The van der Waals surface area contributed by atoms with Crippen LogP contribution in [-0.2, 0) is 15.9 Å². The lowest BCUT2D eigenvalue weighted by Crippen LogP contribution is -2.42. The van der Waals surface area contributed by atoms with Gasteiger partial charge in [0.25, 0.3) is 0 Å². The maximum atomic E-state index is 5.76. The highest BCUT2D eigenvalue weighted by Gasteiger charge is 2.39. The third kappa shape index (κ3) is 4.68. The topological polar surface area (TPSA) is 30.5 Å². The third-order valence-corrected chi connectivity index (χ3v) is 4.48. The lowest BCUT2D eigenvalue weighted by molar-refractivity contribution is -0.179. The van der Waals surface area contributed by atoms with Gasteiger partial charge in [0.2, 0.25) is 0 Å². The molecule has 1 spiro atoms. The van der Waals surface area contributed by atoms with Crippen LogP contribution in [0.2, 0.25) is 0 Å². The maximum Gasteiger partial charge on any atom is 0.168 e. The Morgan fingerprint density at radius 2 is 1.71 bits per heavy atom. The van der Waals surface area contributed by atoms with Crippen LogP contribution in [0, 0.1) is 0 Å². The lowest BCUT2D eigenvalue weighted by Gasteiger charge is -2.35. The zero-order chi connectivity index (χ0) is 13.7. The van der Waals surface area contributed by atoms with Crippen molar-refractivity contribution in [3.8, 4) is 0 Å².